The number of rotatable bonds is 6. The maximum atomic E-state index is 11.9. The standard InChI is InChI=1S/C15H21NO3/c1-4-9-15(3,14(18)19)16-13(17)10-12-7-5-11(2)6-8-12/h5-8H,4,9-10H2,1-3H3,(H,16,17)(H,18,19). The van der Waals surface area contributed by atoms with Gasteiger partial charge in [-0.3, -0.25) is 4.79 Å². The molecule has 1 atom stereocenters. The van der Waals surface area contributed by atoms with Gasteiger partial charge in [0.1, 0.15) is 5.54 Å². The Hall–Kier alpha value is -1.84. The van der Waals surface area contributed by atoms with Crippen LogP contribution in [0.4, 0.5) is 0 Å². The number of hydrogen-bond donors (Lipinski definition) is 2. The molecule has 0 saturated carbocycles. The lowest BCUT2D eigenvalue weighted by molar-refractivity contribution is -0.147. The molecule has 0 saturated heterocycles. The molecule has 0 bridgehead atoms. The lowest BCUT2D eigenvalue weighted by Gasteiger charge is -2.25. The van der Waals surface area contributed by atoms with E-state index in [1.165, 1.54) is 0 Å². The molecule has 0 aliphatic rings. The van der Waals surface area contributed by atoms with Crippen LogP contribution in [0.15, 0.2) is 24.3 Å². The minimum Gasteiger partial charge on any atom is -0.480 e. The summed E-state index contributed by atoms with van der Waals surface area (Å²) in [6, 6.07) is 7.63. The van der Waals surface area contributed by atoms with E-state index in [0.717, 1.165) is 11.1 Å². The molecule has 0 heterocycles. The van der Waals surface area contributed by atoms with Crippen LogP contribution in [0, 0.1) is 6.92 Å². The van der Waals surface area contributed by atoms with Crippen LogP contribution in [0.5, 0.6) is 0 Å². The van der Waals surface area contributed by atoms with E-state index in [1.54, 1.807) is 6.92 Å². The number of aryl methyl sites for hydroxylation is 1. The molecule has 1 rings (SSSR count). The Morgan fingerprint density at radius 2 is 1.84 bits per heavy atom. The molecule has 1 amide bonds. The number of benzene rings is 1. The molecule has 0 aliphatic carbocycles. The summed E-state index contributed by atoms with van der Waals surface area (Å²) < 4.78 is 0. The Bertz CT molecular complexity index is 453. The van der Waals surface area contributed by atoms with Crippen LogP contribution in [0.3, 0.4) is 0 Å². The molecule has 104 valence electrons. The van der Waals surface area contributed by atoms with Gasteiger partial charge in [0.05, 0.1) is 6.42 Å². The summed E-state index contributed by atoms with van der Waals surface area (Å²) in [6.07, 6.45) is 1.32. The average molecular weight is 263 g/mol. The first-order valence-corrected chi connectivity index (χ1v) is 6.47. The van der Waals surface area contributed by atoms with Gasteiger partial charge in [-0.1, -0.05) is 43.2 Å². The van der Waals surface area contributed by atoms with Crippen LogP contribution >= 0.6 is 0 Å². The van der Waals surface area contributed by atoms with Gasteiger partial charge in [-0.25, -0.2) is 4.79 Å². The summed E-state index contributed by atoms with van der Waals surface area (Å²) in [7, 11) is 0. The zero-order valence-corrected chi connectivity index (χ0v) is 11.7. The third-order valence-corrected chi connectivity index (χ3v) is 3.12. The third kappa shape index (κ3) is 4.39. The van der Waals surface area contributed by atoms with Crippen LogP contribution in [0.2, 0.25) is 0 Å². The molecule has 0 spiro atoms. The average Bonchev–Trinajstić information content (AvgIpc) is 2.32. The molecule has 4 nitrogen and oxygen atoms in total. The smallest absolute Gasteiger partial charge is 0.329 e. The highest BCUT2D eigenvalue weighted by Crippen LogP contribution is 2.13. The Kier molecular flexibility index (Phi) is 5.10. The number of carbonyl (C=O) groups excluding carboxylic acids is 1. The van der Waals surface area contributed by atoms with Gasteiger partial charge in [0, 0.05) is 0 Å². The maximum Gasteiger partial charge on any atom is 0.329 e. The Morgan fingerprint density at radius 1 is 1.26 bits per heavy atom. The fraction of sp³-hybridized carbons (Fsp3) is 0.467. The van der Waals surface area contributed by atoms with Crippen molar-refractivity contribution in [1.82, 2.24) is 5.32 Å². The van der Waals surface area contributed by atoms with Crippen LogP contribution < -0.4 is 5.32 Å². The molecule has 0 aliphatic heterocycles. The van der Waals surface area contributed by atoms with E-state index < -0.39 is 11.5 Å². The molecular formula is C15H21NO3. The molecule has 1 unspecified atom stereocenters. The first-order valence-electron chi connectivity index (χ1n) is 6.47. The summed E-state index contributed by atoms with van der Waals surface area (Å²) in [4.78, 5) is 23.1. The second-order valence-corrected chi connectivity index (χ2v) is 5.10. The van der Waals surface area contributed by atoms with Crippen LogP contribution in [0.1, 0.15) is 37.8 Å². The minimum absolute atomic E-state index is 0.201. The van der Waals surface area contributed by atoms with Crippen molar-refractivity contribution in [3.63, 3.8) is 0 Å². The van der Waals surface area contributed by atoms with Gasteiger partial charge in [-0.05, 0) is 25.8 Å². The Balaban J connectivity index is 2.68. The summed E-state index contributed by atoms with van der Waals surface area (Å²) in [6.45, 7) is 5.42. The minimum atomic E-state index is -1.18. The van der Waals surface area contributed by atoms with E-state index in [9.17, 15) is 14.7 Å². The summed E-state index contributed by atoms with van der Waals surface area (Å²) in [5.41, 5.74) is 0.828. The van der Waals surface area contributed by atoms with Crippen molar-refractivity contribution in [3.05, 3.63) is 35.4 Å². The van der Waals surface area contributed by atoms with E-state index in [0.29, 0.717) is 12.8 Å². The molecular weight excluding hydrogens is 242 g/mol. The van der Waals surface area contributed by atoms with Crippen LogP contribution in [-0.4, -0.2) is 22.5 Å². The van der Waals surface area contributed by atoms with Crippen LogP contribution in [-0.2, 0) is 16.0 Å². The molecule has 0 fully saturated rings. The highest BCUT2D eigenvalue weighted by atomic mass is 16.4. The van der Waals surface area contributed by atoms with Gasteiger partial charge < -0.3 is 10.4 Å². The number of aliphatic carboxylic acids is 1. The zero-order valence-electron chi connectivity index (χ0n) is 11.7. The first-order chi connectivity index (χ1) is 8.87. The molecule has 19 heavy (non-hydrogen) atoms. The van der Waals surface area contributed by atoms with Gasteiger partial charge in [0.25, 0.3) is 0 Å². The SMILES string of the molecule is CCCC(C)(NC(=O)Cc1ccc(C)cc1)C(=O)O. The fourth-order valence-corrected chi connectivity index (χ4v) is 1.97. The van der Waals surface area contributed by atoms with Gasteiger partial charge in [0.2, 0.25) is 5.91 Å². The number of carboxylic acid groups (broad SMARTS) is 1. The monoisotopic (exact) mass is 263 g/mol. The van der Waals surface area contributed by atoms with Gasteiger partial charge >= 0.3 is 5.97 Å². The number of nitrogens with one attached hydrogen (secondary N) is 1. The zero-order chi connectivity index (χ0) is 14.5. The number of amides is 1. The summed E-state index contributed by atoms with van der Waals surface area (Å²) in [5, 5.41) is 11.8. The highest BCUT2D eigenvalue weighted by Gasteiger charge is 2.33. The summed E-state index contributed by atoms with van der Waals surface area (Å²) in [5.74, 6) is -1.26. The van der Waals surface area contributed by atoms with Crippen molar-refractivity contribution in [2.24, 2.45) is 0 Å². The van der Waals surface area contributed by atoms with Gasteiger partial charge in [-0.2, -0.15) is 0 Å². The van der Waals surface area contributed by atoms with Crippen LogP contribution in [0.25, 0.3) is 0 Å². The lowest BCUT2D eigenvalue weighted by Crippen LogP contribution is -2.52. The van der Waals surface area contributed by atoms with Crippen molar-refractivity contribution in [3.8, 4) is 0 Å². The van der Waals surface area contributed by atoms with Crippen molar-refractivity contribution >= 4 is 11.9 Å². The number of carbonyl (C=O) groups is 2. The quantitative estimate of drug-likeness (QED) is 0.827. The second-order valence-electron chi connectivity index (χ2n) is 5.10. The van der Waals surface area contributed by atoms with E-state index in [4.69, 9.17) is 0 Å². The predicted molar refractivity (Wildman–Crippen MR) is 74.0 cm³/mol. The third-order valence-electron chi connectivity index (χ3n) is 3.12. The fourth-order valence-electron chi connectivity index (χ4n) is 1.97. The normalized spacial score (nSPS) is 13.6. The van der Waals surface area contributed by atoms with E-state index >= 15 is 0 Å². The Morgan fingerprint density at radius 3 is 2.32 bits per heavy atom. The van der Waals surface area contributed by atoms with Gasteiger partial charge in [0.15, 0.2) is 0 Å². The molecule has 2 N–H and O–H groups in total. The maximum absolute atomic E-state index is 11.9. The topological polar surface area (TPSA) is 66.4 Å². The molecule has 1 aromatic rings. The first kappa shape index (κ1) is 15.2. The summed E-state index contributed by atoms with van der Waals surface area (Å²) >= 11 is 0. The molecule has 0 aromatic heterocycles. The molecule has 4 heteroatoms. The number of carboxylic acids is 1. The Labute approximate surface area is 113 Å². The molecule has 1 aromatic carbocycles. The lowest BCUT2D eigenvalue weighted by atomic mass is 9.96. The second kappa shape index (κ2) is 6.36. The highest BCUT2D eigenvalue weighted by molar-refractivity contribution is 5.87. The van der Waals surface area contributed by atoms with Crippen molar-refractivity contribution in [2.45, 2.75) is 45.6 Å². The molecule has 0 radical (unpaired) electrons. The largest absolute Gasteiger partial charge is 0.480 e. The predicted octanol–water partition coefficient (Wildman–Crippen LogP) is 2.30. The van der Waals surface area contributed by atoms with E-state index in [1.807, 2.05) is 38.1 Å². The van der Waals surface area contributed by atoms with Crippen molar-refractivity contribution in [2.75, 3.05) is 0 Å². The van der Waals surface area contributed by atoms with Gasteiger partial charge in [-0.15, -0.1) is 0 Å². The number of hydrogen-bond acceptors (Lipinski definition) is 2. The van der Waals surface area contributed by atoms with E-state index in [-0.39, 0.29) is 12.3 Å². The van der Waals surface area contributed by atoms with Crippen molar-refractivity contribution in [1.29, 1.82) is 0 Å². The van der Waals surface area contributed by atoms with E-state index in [2.05, 4.69) is 5.32 Å². The van der Waals surface area contributed by atoms with Crippen molar-refractivity contribution < 1.29 is 14.7 Å².